The Kier molecular flexibility index (Phi) is 6.20. The molecule has 1 aromatic rings. The second-order valence-electron chi connectivity index (χ2n) is 8.01. The molecule has 150 valence electrons. The van der Waals surface area contributed by atoms with Gasteiger partial charge in [-0.25, -0.2) is 4.79 Å². The van der Waals surface area contributed by atoms with Gasteiger partial charge in [0.05, 0.1) is 13.2 Å². The van der Waals surface area contributed by atoms with Crippen molar-refractivity contribution in [2.45, 2.75) is 32.2 Å². The van der Waals surface area contributed by atoms with Crippen LogP contribution in [-0.2, 0) is 13.0 Å². The summed E-state index contributed by atoms with van der Waals surface area (Å²) in [4.78, 5) is 23.0. The van der Waals surface area contributed by atoms with Crippen LogP contribution in [0.3, 0.4) is 0 Å². The SMILES string of the molecule is CN1CCN(C(=O)N2CCc3cc(OCCCN4CCCC4)sc3C2)CC1. The Hall–Kier alpha value is -1.31. The van der Waals surface area contributed by atoms with Crippen LogP contribution in [0.15, 0.2) is 6.07 Å². The summed E-state index contributed by atoms with van der Waals surface area (Å²) < 4.78 is 6.01. The van der Waals surface area contributed by atoms with Gasteiger partial charge in [0.25, 0.3) is 0 Å². The number of fused-ring (bicyclic) bond motifs is 1. The third-order valence-corrected chi connectivity index (χ3v) is 7.04. The quantitative estimate of drug-likeness (QED) is 0.721. The zero-order chi connectivity index (χ0) is 18.6. The van der Waals surface area contributed by atoms with Crippen molar-refractivity contribution in [1.29, 1.82) is 0 Å². The van der Waals surface area contributed by atoms with Gasteiger partial charge in [-0.2, -0.15) is 0 Å². The molecule has 0 atom stereocenters. The number of carbonyl (C=O) groups is 1. The summed E-state index contributed by atoms with van der Waals surface area (Å²) in [6.07, 6.45) is 4.74. The van der Waals surface area contributed by atoms with E-state index in [4.69, 9.17) is 4.74 Å². The number of urea groups is 1. The zero-order valence-corrected chi connectivity index (χ0v) is 17.3. The summed E-state index contributed by atoms with van der Waals surface area (Å²) in [7, 11) is 2.12. The van der Waals surface area contributed by atoms with E-state index >= 15 is 0 Å². The van der Waals surface area contributed by atoms with Gasteiger partial charge in [-0.05, 0) is 57.5 Å². The number of piperazine rings is 1. The first-order chi connectivity index (χ1) is 13.2. The van der Waals surface area contributed by atoms with Crippen molar-refractivity contribution in [2.75, 3.05) is 66.0 Å². The summed E-state index contributed by atoms with van der Waals surface area (Å²) in [5.41, 5.74) is 1.37. The normalized spacial score (nSPS) is 21.5. The van der Waals surface area contributed by atoms with E-state index in [0.717, 1.165) is 70.3 Å². The minimum Gasteiger partial charge on any atom is -0.484 e. The van der Waals surface area contributed by atoms with Crippen molar-refractivity contribution >= 4 is 17.4 Å². The van der Waals surface area contributed by atoms with Gasteiger partial charge in [-0.15, -0.1) is 11.3 Å². The fraction of sp³-hybridized carbons (Fsp3) is 0.750. The Morgan fingerprint density at radius 3 is 2.63 bits per heavy atom. The van der Waals surface area contributed by atoms with Crippen LogP contribution in [-0.4, -0.2) is 91.6 Å². The molecular formula is C20H32N4O2S. The first-order valence-corrected chi connectivity index (χ1v) is 11.2. The third kappa shape index (κ3) is 4.76. The van der Waals surface area contributed by atoms with Gasteiger partial charge in [-0.1, -0.05) is 0 Å². The van der Waals surface area contributed by atoms with E-state index in [1.165, 1.54) is 36.4 Å². The standard InChI is InChI=1S/C20H32N4O2S/c1-21-10-12-23(13-11-21)20(25)24-9-5-17-15-19(27-18(17)16-24)26-14-4-8-22-6-2-3-7-22/h15H,2-14,16H2,1H3. The van der Waals surface area contributed by atoms with Crippen molar-refractivity contribution in [1.82, 2.24) is 19.6 Å². The Morgan fingerprint density at radius 2 is 1.85 bits per heavy atom. The number of carbonyl (C=O) groups excluding carboxylic acids is 1. The van der Waals surface area contributed by atoms with Crippen molar-refractivity contribution in [3.63, 3.8) is 0 Å². The van der Waals surface area contributed by atoms with Gasteiger partial charge in [0.15, 0.2) is 5.06 Å². The summed E-state index contributed by atoms with van der Waals surface area (Å²) in [6, 6.07) is 2.41. The number of ether oxygens (including phenoxy) is 1. The summed E-state index contributed by atoms with van der Waals surface area (Å²) in [5, 5.41) is 1.02. The Bertz CT molecular complexity index is 636. The highest BCUT2D eigenvalue weighted by atomic mass is 32.1. The minimum atomic E-state index is 0.204. The average Bonchev–Trinajstić information content (AvgIpc) is 3.34. The molecular weight excluding hydrogens is 360 g/mol. The van der Waals surface area contributed by atoms with Crippen molar-refractivity contribution in [2.24, 2.45) is 0 Å². The van der Waals surface area contributed by atoms with Gasteiger partial charge < -0.3 is 24.3 Å². The molecule has 0 saturated carbocycles. The number of rotatable bonds is 5. The van der Waals surface area contributed by atoms with Crippen LogP contribution in [0.25, 0.3) is 0 Å². The molecule has 0 aromatic carbocycles. The molecule has 2 amide bonds. The van der Waals surface area contributed by atoms with E-state index in [1.54, 1.807) is 11.3 Å². The molecule has 0 N–H and O–H groups in total. The molecule has 7 heteroatoms. The maximum Gasteiger partial charge on any atom is 0.320 e. The zero-order valence-electron chi connectivity index (χ0n) is 16.5. The van der Waals surface area contributed by atoms with E-state index in [-0.39, 0.29) is 6.03 Å². The van der Waals surface area contributed by atoms with Crippen LogP contribution in [0.4, 0.5) is 4.79 Å². The lowest BCUT2D eigenvalue weighted by Gasteiger charge is -2.37. The second-order valence-corrected chi connectivity index (χ2v) is 9.11. The number of hydrogen-bond donors (Lipinski definition) is 0. The van der Waals surface area contributed by atoms with Crippen LogP contribution >= 0.6 is 11.3 Å². The van der Waals surface area contributed by atoms with Crippen molar-refractivity contribution in [3.05, 3.63) is 16.5 Å². The van der Waals surface area contributed by atoms with Crippen molar-refractivity contribution < 1.29 is 9.53 Å². The molecule has 2 saturated heterocycles. The number of nitrogens with zero attached hydrogens (tertiary/aromatic N) is 4. The van der Waals surface area contributed by atoms with Gasteiger partial charge >= 0.3 is 6.03 Å². The molecule has 1 aromatic heterocycles. The van der Waals surface area contributed by atoms with Gasteiger partial charge in [-0.3, -0.25) is 0 Å². The van der Waals surface area contributed by atoms with Gasteiger partial charge in [0.1, 0.15) is 0 Å². The predicted molar refractivity (Wildman–Crippen MR) is 109 cm³/mol. The fourth-order valence-corrected chi connectivity index (χ4v) is 5.29. The Labute approximate surface area is 166 Å². The molecule has 4 heterocycles. The van der Waals surface area contributed by atoms with E-state index in [0.29, 0.717) is 0 Å². The largest absolute Gasteiger partial charge is 0.484 e. The van der Waals surface area contributed by atoms with Crippen LogP contribution in [0, 0.1) is 0 Å². The summed E-state index contributed by atoms with van der Waals surface area (Å²) in [6.45, 7) is 9.64. The smallest absolute Gasteiger partial charge is 0.320 e. The van der Waals surface area contributed by atoms with Crippen LogP contribution < -0.4 is 4.74 Å². The first kappa shape index (κ1) is 19.0. The highest BCUT2D eigenvalue weighted by Crippen LogP contribution is 2.33. The molecule has 4 rings (SSSR count). The van der Waals surface area contributed by atoms with Crippen LogP contribution in [0.2, 0.25) is 0 Å². The number of hydrogen-bond acceptors (Lipinski definition) is 5. The molecule has 3 aliphatic rings. The molecule has 27 heavy (non-hydrogen) atoms. The lowest BCUT2D eigenvalue weighted by Crippen LogP contribution is -2.52. The molecule has 0 aliphatic carbocycles. The first-order valence-electron chi connectivity index (χ1n) is 10.4. The number of likely N-dealkylation sites (tertiary alicyclic amines) is 1. The van der Waals surface area contributed by atoms with E-state index < -0.39 is 0 Å². The summed E-state index contributed by atoms with van der Waals surface area (Å²) in [5.74, 6) is 0. The van der Waals surface area contributed by atoms with Gasteiger partial charge in [0, 0.05) is 44.1 Å². The van der Waals surface area contributed by atoms with Crippen molar-refractivity contribution in [3.8, 4) is 5.06 Å². The monoisotopic (exact) mass is 392 g/mol. The van der Waals surface area contributed by atoms with E-state index in [9.17, 15) is 4.79 Å². The number of thiophene rings is 1. The highest BCUT2D eigenvalue weighted by Gasteiger charge is 2.28. The second kappa shape index (κ2) is 8.80. The molecule has 6 nitrogen and oxygen atoms in total. The minimum absolute atomic E-state index is 0.204. The highest BCUT2D eigenvalue weighted by molar-refractivity contribution is 7.14. The Balaban J connectivity index is 1.25. The molecule has 0 spiro atoms. The lowest BCUT2D eigenvalue weighted by molar-refractivity contribution is 0.119. The van der Waals surface area contributed by atoms with Crippen LogP contribution in [0.5, 0.6) is 5.06 Å². The lowest BCUT2D eigenvalue weighted by atomic mass is 10.1. The summed E-state index contributed by atoms with van der Waals surface area (Å²) >= 11 is 1.73. The number of amides is 2. The van der Waals surface area contributed by atoms with Crippen LogP contribution in [0.1, 0.15) is 29.7 Å². The molecule has 3 aliphatic heterocycles. The number of likely N-dealkylation sites (N-methyl/N-ethyl adjacent to an activating group) is 1. The average molecular weight is 393 g/mol. The third-order valence-electron chi connectivity index (χ3n) is 5.97. The maximum atomic E-state index is 12.8. The molecule has 2 fully saturated rings. The molecule has 0 radical (unpaired) electrons. The van der Waals surface area contributed by atoms with E-state index in [1.807, 2.05) is 9.80 Å². The van der Waals surface area contributed by atoms with Gasteiger partial charge in [0.2, 0.25) is 0 Å². The topological polar surface area (TPSA) is 39.3 Å². The fourth-order valence-electron chi connectivity index (χ4n) is 4.19. The molecule has 0 bridgehead atoms. The Morgan fingerprint density at radius 1 is 1.07 bits per heavy atom. The predicted octanol–water partition coefficient (Wildman–Crippen LogP) is 2.34. The van der Waals surface area contributed by atoms with E-state index in [2.05, 4.69) is 22.9 Å². The maximum absolute atomic E-state index is 12.8. The molecule has 0 unspecified atom stereocenters.